The molecule has 6 nitrogen and oxygen atoms in total. The van der Waals surface area contributed by atoms with Gasteiger partial charge in [0.25, 0.3) is 0 Å². The molecule has 0 unspecified atom stereocenters. The Morgan fingerprint density at radius 3 is 2.38 bits per heavy atom. The number of nitrogens with zero attached hydrogens (tertiary/aromatic N) is 4. The molecule has 5 rings (SSSR count). The zero-order valence-electron chi connectivity index (χ0n) is 20.5. The van der Waals surface area contributed by atoms with Crippen LogP contribution in [0.3, 0.4) is 0 Å². The Bertz CT molecular complexity index is 1390. The third-order valence-corrected chi connectivity index (χ3v) is 6.71. The maximum absolute atomic E-state index is 13.5. The van der Waals surface area contributed by atoms with Crippen molar-refractivity contribution in [2.45, 2.75) is 13.3 Å². The van der Waals surface area contributed by atoms with Gasteiger partial charge >= 0.3 is 6.03 Å². The van der Waals surface area contributed by atoms with Crippen molar-refractivity contribution < 1.29 is 9.18 Å². The van der Waals surface area contributed by atoms with Gasteiger partial charge in [-0.3, -0.25) is 0 Å². The minimum absolute atomic E-state index is 0.240. The molecule has 0 saturated carbocycles. The van der Waals surface area contributed by atoms with E-state index in [-0.39, 0.29) is 11.8 Å². The van der Waals surface area contributed by atoms with Gasteiger partial charge in [0.05, 0.1) is 0 Å². The number of piperazine rings is 1. The van der Waals surface area contributed by atoms with Crippen LogP contribution in [0.4, 0.5) is 20.7 Å². The molecule has 37 heavy (non-hydrogen) atoms. The number of carbonyl (C=O) groups excluding carboxylic acids is 1. The van der Waals surface area contributed by atoms with Crippen LogP contribution in [0.1, 0.15) is 16.8 Å². The van der Waals surface area contributed by atoms with Gasteiger partial charge < -0.3 is 15.1 Å². The lowest BCUT2D eigenvalue weighted by Gasteiger charge is -2.36. The molecule has 3 aromatic carbocycles. The molecule has 1 saturated heterocycles. The maximum Gasteiger partial charge on any atom is 0.321 e. The van der Waals surface area contributed by atoms with E-state index in [0.717, 1.165) is 22.6 Å². The van der Waals surface area contributed by atoms with Crippen LogP contribution in [-0.4, -0.2) is 47.1 Å². The van der Waals surface area contributed by atoms with Gasteiger partial charge in [0, 0.05) is 60.1 Å². The average molecular weight is 516 g/mol. The van der Waals surface area contributed by atoms with Crippen molar-refractivity contribution in [2.75, 3.05) is 36.4 Å². The number of benzene rings is 3. The summed E-state index contributed by atoms with van der Waals surface area (Å²) in [6.07, 6.45) is 0.711. The van der Waals surface area contributed by atoms with Crippen LogP contribution in [0.5, 0.6) is 0 Å². The first kappa shape index (κ1) is 24.7. The summed E-state index contributed by atoms with van der Waals surface area (Å²) >= 11 is 6.09. The van der Waals surface area contributed by atoms with Crippen LogP contribution in [0.25, 0.3) is 11.4 Å². The minimum atomic E-state index is -0.385. The predicted molar refractivity (Wildman–Crippen MR) is 146 cm³/mol. The lowest BCUT2D eigenvalue weighted by molar-refractivity contribution is 0.208. The zero-order chi connectivity index (χ0) is 25.8. The van der Waals surface area contributed by atoms with Crippen LogP contribution in [0.15, 0.2) is 78.9 Å². The number of aromatic nitrogens is 2. The Hall–Kier alpha value is -3.97. The zero-order valence-corrected chi connectivity index (χ0v) is 21.3. The minimum Gasteiger partial charge on any atom is -0.353 e. The Balaban J connectivity index is 1.39. The summed E-state index contributed by atoms with van der Waals surface area (Å²) < 4.78 is 13.5. The Kier molecular flexibility index (Phi) is 7.32. The molecule has 1 fully saturated rings. The van der Waals surface area contributed by atoms with Crippen LogP contribution < -0.4 is 10.2 Å². The molecule has 188 valence electrons. The highest BCUT2D eigenvalue weighted by Gasteiger charge is 2.25. The van der Waals surface area contributed by atoms with E-state index in [1.54, 1.807) is 17.0 Å². The van der Waals surface area contributed by atoms with E-state index in [1.165, 1.54) is 17.7 Å². The molecule has 0 atom stereocenters. The number of amides is 2. The number of nitrogens with one attached hydrogen (secondary N) is 1. The molecule has 0 bridgehead atoms. The summed E-state index contributed by atoms with van der Waals surface area (Å²) in [5.74, 6) is 1.14. The van der Waals surface area contributed by atoms with Crippen LogP contribution in [0, 0.1) is 12.7 Å². The topological polar surface area (TPSA) is 61.4 Å². The number of anilines is 2. The highest BCUT2D eigenvalue weighted by Crippen LogP contribution is 2.29. The Labute approximate surface area is 220 Å². The summed E-state index contributed by atoms with van der Waals surface area (Å²) in [6.45, 7) is 4.30. The number of hydrogen-bond donors (Lipinski definition) is 1. The fourth-order valence-electron chi connectivity index (χ4n) is 4.47. The summed E-state index contributed by atoms with van der Waals surface area (Å²) in [4.78, 5) is 26.6. The highest BCUT2D eigenvalue weighted by molar-refractivity contribution is 6.30. The second kappa shape index (κ2) is 11.0. The van der Waals surface area contributed by atoms with Gasteiger partial charge in [-0.15, -0.1) is 0 Å². The SMILES string of the molecule is Cc1nc(-c2ccc(Cl)cc2)nc(N2CCN(C(=O)Nc3cccc(F)c3)CC2)c1Cc1ccccc1. The van der Waals surface area contributed by atoms with Gasteiger partial charge in [-0.25, -0.2) is 19.2 Å². The first-order chi connectivity index (χ1) is 18.0. The van der Waals surface area contributed by atoms with Crippen molar-refractivity contribution in [3.05, 3.63) is 107 Å². The van der Waals surface area contributed by atoms with Crippen molar-refractivity contribution in [2.24, 2.45) is 0 Å². The fourth-order valence-corrected chi connectivity index (χ4v) is 4.59. The van der Waals surface area contributed by atoms with Gasteiger partial charge in [0.2, 0.25) is 0 Å². The molecule has 1 N–H and O–H groups in total. The van der Waals surface area contributed by atoms with E-state index in [4.69, 9.17) is 21.6 Å². The van der Waals surface area contributed by atoms with Crippen molar-refractivity contribution in [1.29, 1.82) is 0 Å². The summed E-state index contributed by atoms with van der Waals surface area (Å²) in [6, 6.07) is 23.5. The third-order valence-electron chi connectivity index (χ3n) is 6.46. The lowest BCUT2D eigenvalue weighted by Crippen LogP contribution is -2.50. The number of aryl methyl sites for hydroxylation is 1. The van der Waals surface area contributed by atoms with Gasteiger partial charge in [-0.1, -0.05) is 48.0 Å². The molecule has 4 aromatic rings. The first-order valence-corrected chi connectivity index (χ1v) is 12.6. The largest absolute Gasteiger partial charge is 0.353 e. The molecule has 0 aliphatic carbocycles. The monoisotopic (exact) mass is 515 g/mol. The molecule has 1 aliphatic rings. The van der Waals surface area contributed by atoms with Crippen molar-refractivity contribution in [1.82, 2.24) is 14.9 Å². The Morgan fingerprint density at radius 1 is 0.946 bits per heavy atom. The first-order valence-electron chi connectivity index (χ1n) is 12.2. The highest BCUT2D eigenvalue weighted by atomic mass is 35.5. The standard InChI is InChI=1S/C29H27ClFN5O/c1-20-26(18-21-6-3-2-4-7-21)28(34-27(32-20)22-10-12-23(30)13-11-22)35-14-16-36(17-15-35)29(37)33-25-9-5-8-24(31)19-25/h2-13,19H,14-18H2,1H3,(H,33,37). The fraction of sp³-hybridized carbons (Fsp3) is 0.207. The molecule has 0 radical (unpaired) electrons. The number of rotatable bonds is 5. The van der Waals surface area contributed by atoms with E-state index in [2.05, 4.69) is 22.3 Å². The molecule has 1 aliphatic heterocycles. The number of halogens is 2. The van der Waals surface area contributed by atoms with Crippen molar-refractivity contribution in [3.63, 3.8) is 0 Å². The molecule has 0 spiro atoms. The predicted octanol–water partition coefficient (Wildman–Crippen LogP) is 6.19. The van der Waals surface area contributed by atoms with Gasteiger partial charge in [0.1, 0.15) is 11.6 Å². The second-order valence-corrected chi connectivity index (χ2v) is 9.46. The third kappa shape index (κ3) is 5.89. The molecular weight excluding hydrogens is 489 g/mol. The maximum atomic E-state index is 13.5. The lowest BCUT2D eigenvalue weighted by atomic mass is 10.0. The van der Waals surface area contributed by atoms with Crippen molar-refractivity contribution >= 4 is 29.1 Å². The molecule has 2 amide bonds. The number of hydrogen-bond acceptors (Lipinski definition) is 4. The second-order valence-electron chi connectivity index (χ2n) is 9.02. The smallest absolute Gasteiger partial charge is 0.321 e. The molecule has 8 heteroatoms. The number of urea groups is 1. The van der Waals surface area contributed by atoms with Crippen molar-refractivity contribution in [3.8, 4) is 11.4 Å². The van der Waals surface area contributed by atoms with Gasteiger partial charge in [-0.2, -0.15) is 0 Å². The summed E-state index contributed by atoms with van der Waals surface area (Å²) in [5.41, 5.74) is 4.51. The quantitative estimate of drug-likeness (QED) is 0.344. The molecule has 1 aromatic heterocycles. The summed E-state index contributed by atoms with van der Waals surface area (Å²) in [5, 5.41) is 3.45. The molecular formula is C29H27ClFN5O. The molecule has 2 heterocycles. The summed E-state index contributed by atoms with van der Waals surface area (Å²) in [7, 11) is 0. The Morgan fingerprint density at radius 2 is 1.68 bits per heavy atom. The van der Waals surface area contributed by atoms with Crippen LogP contribution in [-0.2, 0) is 6.42 Å². The van der Waals surface area contributed by atoms with Gasteiger partial charge in [0.15, 0.2) is 5.82 Å². The average Bonchev–Trinajstić information content (AvgIpc) is 2.91. The van der Waals surface area contributed by atoms with Crippen LogP contribution >= 0.6 is 11.6 Å². The number of carbonyl (C=O) groups is 1. The van der Waals surface area contributed by atoms with E-state index < -0.39 is 0 Å². The normalized spacial score (nSPS) is 13.5. The van der Waals surface area contributed by atoms with E-state index in [0.29, 0.717) is 49.1 Å². The van der Waals surface area contributed by atoms with Crippen LogP contribution in [0.2, 0.25) is 5.02 Å². The van der Waals surface area contributed by atoms with E-state index in [1.807, 2.05) is 49.4 Å². The van der Waals surface area contributed by atoms with E-state index >= 15 is 0 Å². The van der Waals surface area contributed by atoms with Gasteiger partial charge in [-0.05, 0) is 55.0 Å². The van der Waals surface area contributed by atoms with E-state index in [9.17, 15) is 9.18 Å².